The minimum atomic E-state index is -0.231. The summed E-state index contributed by atoms with van der Waals surface area (Å²) in [6, 6.07) is 0. The van der Waals surface area contributed by atoms with Crippen LogP contribution in [0.2, 0.25) is 0 Å². The first kappa shape index (κ1) is 42.8. The Bertz CT molecular complexity index is 433. The maximum absolute atomic E-state index is 11.5. The molecule has 1 amide bonds. The minimum Gasteiger partial charge on any atom is -0.494 e. The zero-order chi connectivity index (χ0) is 10.3. The molecule has 0 saturated carbocycles. The fourth-order valence-corrected chi connectivity index (χ4v) is 1.81. The summed E-state index contributed by atoms with van der Waals surface area (Å²) in [6.45, 7) is 3.85. The largest absolute Gasteiger partial charge is 0.494 e. The van der Waals surface area contributed by atoms with E-state index < -0.39 is 0 Å². The number of rotatable bonds is 2. The lowest BCUT2D eigenvalue weighted by molar-refractivity contribution is 0.101. The highest BCUT2D eigenvalue weighted by Gasteiger charge is 2.30. The van der Waals surface area contributed by atoms with Crippen molar-refractivity contribution in [3.63, 3.8) is 0 Å². The van der Waals surface area contributed by atoms with Crippen molar-refractivity contribution in [3.8, 4) is 5.88 Å². The van der Waals surface area contributed by atoms with Gasteiger partial charge in [-0.15, -0.1) is 0 Å². The highest BCUT2D eigenvalue weighted by molar-refractivity contribution is 6.23. The van der Waals surface area contributed by atoms with Gasteiger partial charge in [-0.1, -0.05) is 73.3 Å². The Kier molecular flexibility index (Phi) is 30.7. The van der Waals surface area contributed by atoms with Gasteiger partial charge in [0.15, 0.2) is 5.88 Å². The van der Waals surface area contributed by atoms with Gasteiger partial charge in [-0.3, -0.25) is 4.79 Å². The molecule has 0 bridgehead atoms. The molecular weight excluding hydrogens is 276 g/mol. The van der Waals surface area contributed by atoms with Gasteiger partial charge in [0.25, 0.3) is 5.91 Å². The zero-order valence-electron chi connectivity index (χ0n) is 8.22. The summed E-state index contributed by atoms with van der Waals surface area (Å²) in [7, 11) is 0. The molecule has 2 rings (SSSR count). The number of nitrogens with zero attached hydrogens (tertiary/aromatic N) is 1. The van der Waals surface area contributed by atoms with Crippen LogP contribution in [0.4, 0.5) is 0 Å². The van der Waals surface area contributed by atoms with Crippen LogP contribution in [0.5, 0.6) is 5.88 Å². The predicted molar refractivity (Wildman–Crippen MR) is 107 cm³/mol. The zero-order valence-corrected chi connectivity index (χ0v) is 8.22. The van der Waals surface area contributed by atoms with Crippen molar-refractivity contribution in [2.24, 2.45) is 4.99 Å². The number of nitrogens with one attached hydrogen (secondary N) is 1. The molecule has 0 atom stereocenters. The van der Waals surface area contributed by atoms with Crippen LogP contribution in [0.25, 0.3) is 0 Å². The SMILES string of the molecule is C.C.C.C.C.C.C.C.CCC1=NC(=O)c2c(CC)[nH]c(O)c21. The summed E-state index contributed by atoms with van der Waals surface area (Å²) in [6.07, 6.45) is 1.36. The van der Waals surface area contributed by atoms with Crippen molar-refractivity contribution in [1.29, 1.82) is 0 Å². The Morgan fingerprint density at radius 3 is 1.68 bits per heavy atom. The van der Waals surface area contributed by atoms with Crippen molar-refractivity contribution in [2.75, 3.05) is 0 Å². The highest BCUT2D eigenvalue weighted by atomic mass is 16.3. The first-order valence-corrected chi connectivity index (χ1v) is 4.75. The second-order valence-corrected chi connectivity index (χ2v) is 3.27. The molecule has 2 N–H and O–H groups in total. The number of aryl methyl sites for hydroxylation is 1. The molecule has 0 radical (unpaired) electrons. The molecule has 0 saturated heterocycles. The average Bonchev–Trinajstić information content (AvgIpc) is 2.67. The van der Waals surface area contributed by atoms with Crippen LogP contribution in [0.1, 0.15) is 101 Å². The van der Waals surface area contributed by atoms with E-state index in [1.807, 2.05) is 13.8 Å². The van der Waals surface area contributed by atoms with Gasteiger partial charge in [-0.2, -0.15) is 0 Å². The average molecular weight is 321 g/mol. The monoisotopic (exact) mass is 320 g/mol. The molecule has 1 aliphatic heterocycles. The number of H-pyrrole nitrogens is 1. The normalized spacial score (nSPS) is 9.18. The van der Waals surface area contributed by atoms with E-state index in [1.54, 1.807) is 0 Å². The lowest BCUT2D eigenvalue weighted by Gasteiger charge is -1.93. The molecule has 0 unspecified atom stereocenters. The van der Waals surface area contributed by atoms with Crippen molar-refractivity contribution >= 4 is 11.6 Å². The van der Waals surface area contributed by atoms with E-state index in [0.717, 1.165) is 5.69 Å². The third kappa shape index (κ3) is 6.04. The number of hydrogen-bond acceptors (Lipinski definition) is 2. The second kappa shape index (κ2) is 15.8. The van der Waals surface area contributed by atoms with E-state index >= 15 is 0 Å². The van der Waals surface area contributed by atoms with Crippen molar-refractivity contribution in [3.05, 3.63) is 16.8 Å². The fourth-order valence-electron chi connectivity index (χ4n) is 1.81. The topological polar surface area (TPSA) is 65.5 Å². The van der Waals surface area contributed by atoms with Crippen molar-refractivity contribution in [2.45, 2.75) is 86.1 Å². The predicted octanol–water partition coefficient (Wildman–Crippen LogP) is 6.72. The van der Waals surface area contributed by atoms with E-state index in [2.05, 4.69) is 9.98 Å². The van der Waals surface area contributed by atoms with Gasteiger partial charge in [0.05, 0.1) is 16.8 Å². The molecular formula is C18H44N2O2. The Hall–Kier alpha value is -1.58. The first-order chi connectivity index (χ1) is 6.69. The lowest BCUT2D eigenvalue weighted by Crippen LogP contribution is -1.94. The van der Waals surface area contributed by atoms with Crippen LogP contribution in [0, 0.1) is 0 Å². The molecule has 1 aromatic heterocycles. The number of hydrogen-bond donors (Lipinski definition) is 2. The number of fused-ring (bicyclic) bond motifs is 1. The van der Waals surface area contributed by atoms with E-state index in [9.17, 15) is 9.90 Å². The summed E-state index contributed by atoms with van der Waals surface area (Å²) >= 11 is 0. The third-order valence-electron chi connectivity index (χ3n) is 2.49. The van der Waals surface area contributed by atoms with Gasteiger partial charge >= 0.3 is 0 Å². The summed E-state index contributed by atoms with van der Waals surface area (Å²) in [5.41, 5.74) is 2.62. The number of aromatic hydroxyl groups is 1. The standard InChI is InChI=1S/C10H12N2O2.8CH4/c1-3-5-7-8(10(14)11-5)6(4-2)12-9(7)13;;;;;;;;/h11,14H,3-4H2,1-2H3;8*1H4. The third-order valence-corrected chi connectivity index (χ3v) is 2.49. The molecule has 138 valence electrons. The number of aliphatic imine (C=N–C) groups is 1. The van der Waals surface area contributed by atoms with Crippen LogP contribution < -0.4 is 0 Å². The second-order valence-electron chi connectivity index (χ2n) is 3.27. The maximum atomic E-state index is 11.5. The van der Waals surface area contributed by atoms with Gasteiger partial charge in [0.2, 0.25) is 0 Å². The molecule has 1 aromatic rings. The van der Waals surface area contributed by atoms with Gasteiger partial charge in [0.1, 0.15) is 0 Å². The Labute approximate surface area is 141 Å². The molecule has 4 nitrogen and oxygen atoms in total. The maximum Gasteiger partial charge on any atom is 0.279 e. The summed E-state index contributed by atoms with van der Waals surface area (Å²) in [4.78, 5) is 18.2. The van der Waals surface area contributed by atoms with E-state index in [4.69, 9.17) is 0 Å². The molecule has 0 aromatic carbocycles. The molecule has 0 fully saturated rings. The minimum absolute atomic E-state index is 0. The highest BCUT2D eigenvalue weighted by Crippen LogP contribution is 2.31. The molecule has 0 spiro atoms. The Balaban J connectivity index is -0.0000000562. The first-order valence-electron chi connectivity index (χ1n) is 4.75. The number of aromatic amines is 1. The molecule has 1 aliphatic rings. The number of amides is 1. The van der Waals surface area contributed by atoms with Crippen LogP contribution in [0.15, 0.2) is 4.99 Å². The van der Waals surface area contributed by atoms with Crippen molar-refractivity contribution in [1.82, 2.24) is 4.98 Å². The molecule has 2 heterocycles. The number of carbonyl (C=O) groups excluding carboxylic acids is 1. The summed E-state index contributed by atoms with van der Waals surface area (Å²) in [5.74, 6) is -0.159. The van der Waals surface area contributed by atoms with Crippen LogP contribution in [0.3, 0.4) is 0 Å². The summed E-state index contributed by atoms with van der Waals surface area (Å²) in [5, 5.41) is 9.61. The van der Waals surface area contributed by atoms with E-state index in [-0.39, 0.29) is 71.2 Å². The van der Waals surface area contributed by atoms with Gasteiger partial charge in [-0.05, 0) is 12.8 Å². The number of carbonyl (C=O) groups is 1. The van der Waals surface area contributed by atoms with Gasteiger partial charge in [-0.25, -0.2) is 4.99 Å². The van der Waals surface area contributed by atoms with Crippen LogP contribution >= 0.6 is 0 Å². The fraction of sp³-hybridized carbons (Fsp3) is 0.667. The van der Waals surface area contributed by atoms with Gasteiger partial charge < -0.3 is 10.1 Å². The smallest absolute Gasteiger partial charge is 0.279 e. The molecule has 22 heavy (non-hydrogen) atoms. The van der Waals surface area contributed by atoms with Crippen molar-refractivity contribution < 1.29 is 9.90 Å². The van der Waals surface area contributed by atoms with Crippen LogP contribution in [-0.4, -0.2) is 21.7 Å². The lowest BCUT2D eigenvalue weighted by atomic mass is 10.1. The van der Waals surface area contributed by atoms with Gasteiger partial charge in [0, 0.05) is 5.69 Å². The van der Waals surface area contributed by atoms with E-state index in [1.165, 1.54) is 0 Å². The Morgan fingerprint density at radius 1 is 0.864 bits per heavy atom. The number of aromatic nitrogens is 1. The summed E-state index contributed by atoms with van der Waals surface area (Å²) < 4.78 is 0. The molecule has 4 heteroatoms. The molecule has 0 aliphatic carbocycles. The quantitative estimate of drug-likeness (QED) is 0.634. The van der Waals surface area contributed by atoms with E-state index in [0.29, 0.717) is 29.7 Å². The Morgan fingerprint density at radius 2 is 1.32 bits per heavy atom. The van der Waals surface area contributed by atoms with Crippen LogP contribution in [-0.2, 0) is 6.42 Å².